The van der Waals surface area contributed by atoms with Crippen LogP contribution in [0.15, 0.2) is 5.10 Å². The lowest BCUT2D eigenvalue weighted by Gasteiger charge is -1.99. The van der Waals surface area contributed by atoms with Crippen molar-refractivity contribution >= 4 is 12.1 Å². The van der Waals surface area contributed by atoms with Gasteiger partial charge in [0.05, 0.1) is 0 Å². The van der Waals surface area contributed by atoms with Gasteiger partial charge in [-0.05, 0) is 0 Å². The number of carbonyl (C=O) groups excluding carboxylic acids is 1. The van der Waals surface area contributed by atoms with Crippen LogP contribution in [0.4, 0.5) is 0 Å². The largest absolute Gasteiger partial charge is 0.273 e. The van der Waals surface area contributed by atoms with E-state index in [0.717, 1.165) is 6.21 Å². The fraction of sp³-hybridized carbons (Fsp3) is 0.500. The van der Waals surface area contributed by atoms with Crippen molar-refractivity contribution in [3.8, 4) is 6.07 Å². The van der Waals surface area contributed by atoms with Crippen molar-refractivity contribution in [3.63, 3.8) is 0 Å². The standard InChI is InChI=1S/C6H9N3O/c1-5(2)6(10)9-8-4-3-7/h4-5H,1-2H3,(H,9,10)/b8-4+. The zero-order chi connectivity index (χ0) is 7.98. The molecule has 0 aromatic carbocycles. The molecule has 0 bridgehead atoms. The number of amides is 1. The Kier molecular flexibility index (Phi) is 3.89. The fourth-order valence-corrected chi connectivity index (χ4v) is 0.254. The maximum absolute atomic E-state index is 10.7. The molecule has 0 aromatic rings. The average Bonchev–Trinajstić information content (AvgIpc) is 1.88. The van der Waals surface area contributed by atoms with E-state index in [1.54, 1.807) is 19.9 Å². The number of hydrogen-bond acceptors (Lipinski definition) is 3. The molecule has 1 amide bonds. The van der Waals surface area contributed by atoms with E-state index in [0.29, 0.717) is 0 Å². The van der Waals surface area contributed by atoms with Crippen LogP contribution in [-0.4, -0.2) is 12.1 Å². The molecule has 0 fully saturated rings. The van der Waals surface area contributed by atoms with Crippen LogP contribution in [0.5, 0.6) is 0 Å². The second-order valence-electron chi connectivity index (χ2n) is 2.02. The van der Waals surface area contributed by atoms with Crippen molar-refractivity contribution in [3.05, 3.63) is 0 Å². The highest BCUT2D eigenvalue weighted by Crippen LogP contribution is 1.88. The first kappa shape index (κ1) is 8.63. The SMILES string of the molecule is CC(C)C(=O)N/N=C/C#N. The molecule has 0 aliphatic rings. The van der Waals surface area contributed by atoms with Crippen molar-refractivity contribution < 1.29 is 4.79 Å². The molecule has 0 aliphatic carbocycles. The lowest BCUT2D eigenvalue weighted by Crippen LogP contribution is -2.22. The van der Waals surface area contributed by atoms with Gasteiger partial charge in [-0.15, -0.1) is 0 Å². The van der Waals surface area contributed by atoms with Gasteiger partial charge in [0.1, 0.15) is 12.3 Å². The Balaban J connectivity index is 3.62. The maximum atomic E-state index is 10.7. The van der Waals surface area contributed by atoms with E-state index in [9.17, 15) is 4.79 Å². The molecule has 0 aliphatic heterocycles. The highest BCUT2D eigenvalue weighted by molar-refractivity contribution is 5.80. The molecular weight excluding hydrogens is 130 g/mol. The van der Waals surface area contributed by atoms with Crippen LogP contribution in [0.3, 0.4) is 0 Å². The van der Waals surface area contributed by atoms with Crippen LogP contribution in [0.1, 0.15) is 13.8 Å². The lowest BCUT2D eigenvalue weighted by molar-refractivity contribution is -0.123. The molecule has 10 heavy (non-hydrogen) atoms. The van der Waals surface area contributed by atoms with Crippen LogP contribution in [-0.2, 0) is 4.79 Å². The first-order valence-electron chi connectivity index (χ1n) is 2.89. The van der Waals surface area contributed by atoms with Gasteiger partial charge in [-0.3, -0.25) is 4.79 Å². The molecule has 0 aromatic heterocycles. The van der Waals surface area contributed by atoms with E-state index in [4.69, 9.17) is 5.26 Å². The summed E-state index contributed by atoms with van der Waals surface area (Å²) in [5, 5.41) is 11.3. The minimum Gasteiger partial charge on any atom is -0.273 e. The quantitative estimate of drug-likeness (QED) is 0.440. The summed E-state index contributed by atoms with van der Waals surface area (Å²) in [6.45, 7) is 3.49. The summed E-state index contributed by atoms with van der Waals surface area (Å²) < 4.78 is 0. The lowest BCUT2D eigenvalue weighted by atomic mass is 10.2. The highest BCUT2D eigenvalue weighted by Gasteiger charge is 2.02. The predicted octanol–water partition coefficient (Wildman–Crippen LogP) is 0.268. The van der Waals surface area contributed by atoms with Gasteiger partial charge in [-0.1, -0.05) is 13.8 Å². The summed E-state index contributed by atoms with van der Waals surface area (Å²) in [7, 11) is 0. The topological polar surface area (TPSA) is 65.2 Å². The molecular formula is C6H9N3O. The molecule has 0 radical (unpaired) electrons. The number of nitriles is 1. The number of rotatable bonds is 2. The first-order valence-corrected chi connectivity index (χ1v) is 2.89. The Hall–Kier alpha value is -1.37. The summed E-state index contributed by atoms with van der Waals surface area (Å²) in [6, 6.07) is 1.66. The van der Waals surface area contributed by atoms with Gasteiger partial charge in [0.15, 0.2) is 0 Å². The number of hydrazone groups is 1. The third-order valence-electron chi connectivity index (χ3n) is 0.821. The Bertz CT molecular complexity index is 178. The van der Waals surface area contributed by atoms with Crippen molar-refractivity contribution in [1.29, 1.82) is 5.26 Å². The van der Waals surface area contributed by atoms with Crippen LogP contribution in [0, 0.1) is 17.2 Å². The van der Waals surface area contributed by atoms with Crippen LogP contribution < -0.4 is 5.43 Å². The molecule has 0 saturated carbocycles. The summed E-state index contributed by atoms with van der Waals surface area (Å²) in [6.07, 6.45) is 0.973. The van der Waals surface area contributed by atoms with E-state index in [1.165, 1.54) is 0 Å². The summed E-state index contributed by atoms with van der Waals surface area (Å²) >= 11 is 0. The molecule has 0 heterocycles. The number of carbonyl (C=O) groups is 1. The van der Waals surface area contributed by atoms with Gasteiger partial charge in [-0.25, -0.2) is 5.43 Å². The second kappa shape index (κ2) is 4.50. The minimum atomic E-state index is -0.188. The maximum Gasteiger partial charge on any atom is 0.242 e. The third kappa shape index (κ3) is 3.61. The van der Waals surface area contributed by atoms with Crippen molar-refractivity contribution in [2.24, 2.45) is 11.0 Å². The molecule has 4 nitrogen and oxygen atoms in total. The zero-order valence-corrected chi connectivity index (χ0v) is 5.96. The van der Waals surface area contributed by atoms with Crippen LogP contribution in [0.25, 0.3) is 0 Å². The van der Waals surface area contributed by atoms with E-state index >= 15 is 0 Å². The van der Waals surface area contributed by atoms with Gasteiger partial charge in [0.2, 0.25) is 5.91 Å². The van der Waals surface area contributed by atoms with E-state index in [-0.39, 0.29) is 11.8 Å². The van der Waals surface area contributed by atoms with E-state index in [2.05, 4.69) is 10.5 Å². The van der Waals surface area contributed by atoms with Crippen molar-refractivity contribution in [2.45, 2.75) is 13.8 Å². The smallest absolute Gasteiger partial charge is 0.242 e. The van der Waals surface area contributed by atoms with E-state index in [1.807, 2.05) is 0 Å². The fourth-order valence-electron chi connectivity index (χ4n) is 0.254. The Morgan fingerprint density at radius 3 is 2.80 bits per heavy atom. The highest BCUT2D eigenvalue weighted by atomic mass is 16.2. The molecule has 0 spiro atoms. The molecule has 0 rings (SSSR count). The van der Waals surface area contributed by atoms with E-state index < -0.39 is 0 Å². The summed E-state index contributed by atoms with van der Waals surface area (Å²) in [5.74, 6) is -0.289. The second-order valence-corrected chi connectivity index (χ2v) is 2.02. The number of nitrogens with one attached hydrogen (secondary N) is 1. The van der Waals surface area contributed by atoms with Crippen molar-refractivity contribution in [1.82, 2.24) is 5.43 Å². The van der Waals surface area contributed by atoms with Gasteiger partial charge in [-0.2, -0.15) is 10.4 Å². The molecule has 0 unspecified atom stereocenters. The Morgan fingerprint density at radius 1 is 1.80 bits per heavy atom. The molecule has 4 heteroatoms. The molecule has 1 N–H and O–H groups in total. The number of nitrogens with zero attached hydrogens (tertiary/aromatic N) is 2. The number of hydrogen-bond donors (Lipinski definition) is 1. The minimum absolute atomic E-state index is 0.101. The van der Waals surface area contributed by atoms with Crippen molar-refractivity contribution in [2.75, 3.05) is 0 Å². The third-order valence-corrected chi connectivity index (χ3v) is 0.821. The summed E-state index contributed by atoms with van der Waals surface area (Å²) in [5.41, 5.74) is 2.19. The predicted molar refractivity (Wildman–Crippen MR) is 37.1 cm³/mol. The molecule has 0 saturated heterocycles. The normalized spacial score (nSPS) is 9.80. The zero-order valence-electron chi connectivity index (χ0n) is 5.96. The first-order chi connectivity index (χ1) is 4.68. The van der Waals surface area contributed by atoms with Crippen LogP contribution in [0.2, 0.25) is 0 Å². The van der Waals surface area contributed by atoms with Gasteiger partial charge >= 0.3 is 0 Å². The van der Waals surface area contributed by atoms with Gasteiger partial charge < -0.3 is 0 Å². The summed E-state index contributed by atoms with van der Waals surface area (Å²) in [4.78, 5) is 10.7. The monoisotopic (exact) mass is 139 g/mol. The van der Waals surface area contributed by atoms with Crippen LogP contribution >= 0.6 is 0 Å². The Labute approximate surface area is 59.5 Å². The Morgan fingerprint density at radius 2 is 2.40 bits per heavy atom. The van der Waals surface area contributed by atoms with Gasteiger partial charge in [0, 0.05) is 5.92 Å². The molecule has 54 valence electrons. The molecule has 0 atom stereocenters. The average molecular weight is 139 g/mol. The van der Waals surface area contributed by atoms with Gasteiger partial charge in [0.25, 0.3) is 0 Å².